The molecule has 55 heavy (non-hydrogen) atoms. The highest BCUT2D eigenvalue weighted by Gasteiger charge is 2.46. The number of carbonyl (C=O) groups excluding carboxylic acids is 2. The number of carbonyl (C=O) groups is 2. The van der Waals surface area contributed by atoms with Crippen LogP contribution < -0.4 is 4.74 Å². The summed E-state index contributed by atoms with van der Waals surface area (Å²) in [5.74, 6) is 0.938. The Labute approximate surface area is 331 Å². The Balaban J connectivity index is 1.34. The van der Waals surface area contributed by atoms with Crippen LogP contribution in [-0.2, 0) is 10.0 Å². The summed E-state index contributed by atoms with van der Waals surface area (Å²) in [5, 5.41) is 5.03. The zero-order valence-corrected chi connectivity index (χ0v) is 33.6. The fraction of sp³-hybridized carbons (Fsp3) is 0.400. The molecule has 4 heterocycles. The molecule has 0 unspecified atom stereocenters. The summed E-state index contributed by atoms with van der Waals surface area (Å²) < 4.78 is 41.5. The molecule has 7 rings (SSSR count). The number of amidine groups is 1. The van der Waals surface area contributed by atoms with Gasteiger partial charge in [0, 0.05) is 49.3 Å². The predicted octanol–water partition coefficient (Wildman–Crippen LogP) is 7.60. The number of aliphatic imine (C=N–C) groups is 1. The Morgan fingerprint density at radius 3 is 2.02 bits per heavy atom. The molecule has 3 aromatic carbocycles. The lowest BCUT2D eigenvalue weighted by Gasteiger charge is -2.39. The zero-order valence-electron chi connectivity index (χ0n) is 31.3. The van der Waals surface area contributed by atoms with Crippen molar-refractivity contribution in [3.05, 3.63) is 110 Å². The highest BCUT2D eigenvalue weighted by atomic mass is 35.5. The van der Waals surface area contributed by atoms with Gasteiger partial charge in [0.25, 0.3) is 5.91 Å². The van der Waals surface area contributed by atoms with Gasteiger partial charge in [-0.15, -0.1) is 0 Å². The average molecular weight is 808 g/mol. The SMILES string of the molecule is CCOc1cc(C)c(S(=O)(=O)N2CCCCC2)cc1C1=N[C@@H](c2ccc(Cl)cc2)[C@@H](c2ccc(Cl)cc2)N1C(=O)N1CCN(C(=O)c2c(C)noc2C)CC1. The molecule has 0 bridgehead atoms. The minimum absolute atomic E-state index is 0.146. The first-order valence-electron chi connectivity index (χ1n) is 18.6. The van der Waals surface area contributed by atoms with E-state index in [1.165, 1.54) is 0 Å². The first-order chi connectivity index (χ1) is 26.4. The number of piperazine rings is 1. The molecular formula is C40H44Cl2N6O6S. The minimum atomic E-state index is -3.88. The van der Waals surface area contributed by atoms with Gasteiger partial charge in [-0.05, 0) is 93.6 Å². The van der Waals surface area contributed by atoms with Gasteiger partial charge in [0.05, 0.1) is 28.8 Å². The van der Waals surface area contributed by atoms with Gasteiger partial charge in [0.2, 0.25) is 10.0 Å². The third-order valence-corrected chi connectivity index (χ3v) is 13.1. The minimum Gasteiger partial charge on any atom is -0.493 e. The van der Waals surface area contributed by atoms with E-state index < -0.39 is 22.1 Å². The first-order valence-corrected chi connectivity index (χ1v) is 20.8. The van der Waals surface area contributed by atoms with E-state index in [4.69, 9.17) is 37.5 Å². The monoisotopic (exact) mass is 806 g/mol. The quantitative estimate of drug-likeness (QED) is 0.179. The van der Waals surface area contributed by atoms with Crippen molar-refractivity contribution in [3.8, 4) is 5.75 Å². The smallest absolute Gasteiger partial charge is 0.326 e. The van der Waals surface area contributed by atoms with Crippen molar-refractivity contribution in [1.29, 1.82) is 0 Å². The third kappa shape index (κ3) is 7.59. The molecule has 3 aliphatic rings. The van der Waals surface area contributed by atoms with Gasteiger partial charge < -0.3 is 19.1 Å². The summed E-state index contributed by atoms with van der Waals surface area (Å²) >= 11 is 12.7. The Hall–Kier alpha value is -4.43. The molecular weight excluding hydrogens is 763 g/mol. The number of hydrogen-bond acceptors (Lipinski definition) is 8. The summed E-state index contributed by atoms with van der Waals surface area (Å²) in [7, 11) is -3.88. The summed E-state index contributed by atoms with van der Waals surface area (Å²) in [6, 6.07) is 16.4. The molecule has 4 aromatic rings. The van der Waals surface area contributed by atoms with Crippen LogP contribution in [0.25, 0.3) is 0 Å². The topological polar surface area (TPSA) is 129 Å². The van der Waals surface area contributed by atoms with E-state index in [0.717, 1.165) is 30.4 Å². The zero-order chi connectivity index (χ0) is 39.0. The fourth-order valence-corrected chi connectivity index (χ4v) is 9.69. The molecule has 3 amide bonds. The Bertz CT molecular complexity index is 2190. The second kappa shape index (κ2) is 16.0. The van der Waals surface area contributed by atoms with Crippen LogP contribution in [0, 0.1) is 20.8 Å². The first kappa shape index (κ1) is 38.8. The molecule has 0 aliphatic carbocycles. The lowest BCUT2D eigenvalue weighted by atomic mass is 9.93. The van der Waals surface area contributed by atoms with Crippen molar-refractivity contribution < 1.29 is 27.3 Å². The highest BCUT2D eigenvalue weighted by Crippen LogP contribution is 2.46. The molecule has 0 saturated carbocycles. The Morgan fingerprint density at radius 1 is 0.836 bits per heavy atom. The van der Waals surface area contributed by atoms with Crippen LogP contribution in [0.3, 0.4) is 0 Å². The van der Waals surface area contributed by atoms with Crippen molar-refractivity contribution >= 4 is 51.0 Å². The van der Waals surface area contributed by atoms with Crippen LogP contribution in [0.15, 0.2) is 75.1 Å². The average Bonchev–Trinajstić information content (AvgIpc) is 3.74. The number of hydrogen-bond donors (Lipinski definition) is 0. The van der Waals surface area contributed by atoms with Gasteiger partial charge in [0.1, 0.15) is 29.0 Å². The van der Waals surface area contributed by atoms with Gasteiger partial charge in [-0.3, -0.25) is 14.7 Å². The number of aromatic nitrogens is 1. The van der Waals surface area contributed by atoms with Crippen molar-refractivity contribution in [2.45, 2.75) is 63.9 Å². The largest absolute Gasteiger partial charge is 0.493 e. The predicted molar refractivity (Wildman–Crippen MR) is 211 cm³/mol. The van der Waals surface area contributed by atoms with Crippen molar-refractivity contribution in [1.82, 2.24) is 24.2 Å². The van der Waals surface area contributed by atoms with Gasteiger partial charge in [-0.2, -0.15) is 4.31 Å². The van der Waals surface area contributed by atoms with Crippen LogP contribution >= 0.6 is 23.2 Å². The van der Waals surface area contributed by atoms with Crippen molar-refractivity contribution in [3.63, 3.8) is 0 Å². The van der Waals surface area contributed by atoms with E-state index in [2.05, 4.69) is 5.16 Å². The van der Waals surface area contributed by atoms with Gasteiger partial charge in [0.15, 0.2) is 0 Å². The lowest BCUT2D eigenvalue weighted by molar-refractivity contribution is 0.0644. The molecule has 0 N–H and O–H groups in total. The second-order valence-corrected chi connectivity index (χ2v) is 16.9. The number of sulfonamides is 1. The Morgan fingerprint density at radius 2 is 1.44 bits per heavy atom. The normalized spacial score (nSPS) is 19.5. The van der Waals surface area contributed by atoms with Crippen LogP contribution in [0.4, 0.5) is 4.79 Å². The van der Waals surface area contributed by atoms with Gasteiger partial charge >= 0.3 is 6.03 Å². The van der Waals surface area contributed by atoms with Crippen molar-refractivity contribution in [2.24, 2.45) is 4.99 Å². The molecule has 290 valence electrons. The van der Waals surface area contributed by atoms with E-state index in [0.29, 0.717) is 63.6 Å². The van der Waals surface area contributed by atoms with Crippen LogP contribution in [-0.4, -0.2) is 96.2 Å². The van der Waals surface area contributed by atoms with E-state index in [-0.39, 0.29) is 48.8 Å². The van der Waals surface area contributed by atoms with Crippen LogP contribution in [0.5, 0.6) is 5.75 Å². The molecule has 2 saturated heterocycles. The summed E-state index contributed by atoms with van der Waals surface area (Å²) in [6.45, 7) is 9.31. The van der Waals surface area contributed by atoms with Crippen LogP contribution in [0.2, 0.25) is 10.0 Å². The van der Waals surface area contributed by atoms with E-state index in [9.17, 15) is 13.2 Å². The molecule has 0 spiro atoms. The standard InChI is InChI=1S/C40H44Cl2N6O6S/c1-5-53-33-23-25(2)34(55(51,52)47-17-7-6-8-18-47)24-32(33)38-43-36(28-9-13-30(41)14-10-28)37(29-11-15-31(42)16-12-29)48(38)40(50)46-21-19-45(20-22-46)39(49)35-26(3)44-54-27(35)4/h9-16,23-24,36-37H,5-8,17-22H2,1-4H3/t36-,37+/m0/s1. The number of ether oxygens (including phenoxy) is 1. The third-order valence-electron chi connectivity index (χ3n) is 10.5. The number of benzene rings is 3. The maximum atomic E-state index is 15.2. The molecule has 1 aromatic heterocycles. The van der Waals surface area contributed by atoms with Crippen LogP contribution in [0.1, 0.15) is 82.3 Å². The molecule has 3 aliphatic heterocycles. The fourth-order valence-electron chi connectivity index (χ4n) is 7.69. The summed E-state index contributed by atoms with van der Waals surface area (Å²) in [5.41, 5.74) is 3.45. The Kier molecular flexibility index (Phi) is 11.3. The summed E-state index contributed by atoms with van der Waals surface area (Å²) in [6.07, 6.45) is 2.56. The molecule has 15 heteroatoms. The summed E-state index contributed by atoms with van der Waals surface area (Å²) in [4.78, 5) is 39.2. The van der Waals surface area contributed by atoms with E-state index in [1.807, 2.05) is 31.2 Å². The van der Waals surface area contributed by atoms with Gasteiger partial charge in [-0.1, -0.05) is 59.0 Å². The number of nitrogens with zero attached hydrogens (tertiary/aromatic N) is 6. The number of amides is 3. The number of aryl methyl sites for hydroxylation is 3. The lowest BCUT2D eigenvalue weighted by Crippen LogP contribution is -2.55. The maximum Gasteiger partial charge on any atom is 0.326 e. The maximum absolute atomic E-state index is 15.2. The number of urea groups is 1. The molecule has 0 radical (unpaired) electrons. The molecule has 2 fully saturated rings. The number of halogens is 2. The molecule has 12 nitrogen and oxygen atoms in total. The second-order valence-electron chi connectivity index (χ2n) is 14.1. The van der Waals surface area contributed by atoms with E-state index >= 15 is 4.79 Å². The molecule has 2 atom stereocenters. The number of rotatable bonds is 8. The number of piperidine rings is 1. The van der Waals surface area contributed by atoms with E-state index in [1.54, 1.807) is 76.2 Å². The highest BCUT2D eigenvalue weighted by molar-refractivity contribution is 7.89. The van der Waals surface area contributed by atoms with Gasteiger partial charge in [-0.25, -0.2) is 13.2 Å². The van der Waals surface area contributed by atoms with Crippen molar-refractivity contribution in [2.75, 3.05) is 45.9 Å².